The Labute approximate surface area is 111 Å². The highest BCUT2D eigenvalue weighted by atomic mass is 79.9. The molecule has 0 unspecified atom stereocenters. The molecule has 0 aliphatic carbocycles. The van der Waals surface area contributed by atoms with Gasteiger partial charge in [0.2, 0.25) is 0 Å². The van der Waals surface area contributed by atoms with Crippen molar-refractivity contribution < 1.29 is 8.42 Å². The monoisotopic (exact) mass is 320 g/mol. The number of hydrogen-bond donors (Lipinski definition) is 1. The second-order valence-electron chi connectivity index (χ2n) is 4.00. The predicted octanol–water partition coefficient (Wildman–Crippen LogP) is 1.70. The first kappa shape index (κ1) is 14.6. The molecule has 0 saturated heterocycles. The van der Waals surface area contributed by atoms with Gasteiger partial charge in [0.25, 0.3) is 10.2 Å². The maximum absolute atomic E-state index is 11.5. The van der Waals surface area contributed by atoms with Crippen molar-refractivity contribution in [1.82, 2.24) is 9.03 Å². The number of rotatable bonds is 5. The Morgan fingerprint density at radius 2 is 2.00 bits per heavy atom. The molecule has 0 bridgehead atoms. The van der Waals surface area contributed by atoms with E-state index in [0.717, 1.165) is 15.6 Å². The van der Waals surface area contributed by atoms with E-state index in [0.29, 0.717) is 13.0 Å². The van der Waals surface area contributed by atoms with Crippen molar-refractivity contribution in [2.45, 2.75) is 13.3 Å². The van der Waals surface area contributed by atoms with E-state index in [4.69, 9.17) is 0 Å². The summed E-state index contributed by atoms with van der Waals surface area (Å²) in [5.74, 6) is 0. The van der Waals surface area contributed by atoms with Gasteiger partial charge in [0, 0.05) is 25.1 Å². The number of nitrogens with one attached hydrogen (secondary N) is 1. The molecule has 17 heavy (non-hydrogen) atoms. The van der Waals surface area contributed by atoms with E-state index in [2.05, 4.69) is 20.7 Å². The Morgan fingerprint density at radius 3 is 2.59 bits per heavy atom. The zero-order valence-corrected chi connectivity index (χ0v) is 12.6. The van der Waals surface area contributed by atoms with Crippen molar-refractivity contribution in [2.75, 3.05) is 20.6 Å². The zero-order valence-electron chi connectivity index (χ0n) is 10.2. The van der Waals surface area contributed by atoms with Gasteiger partial charge in [-0.25, -0.2) is 4.72 Å². The highest BCUT2D eigenvalue weighted by molar-refractivity contribution is 9.10. The molecule has 0 aliphatic rings. The quantitative estimate of drug-likeness (QED) is 0.897. The van der Waals surface area contributed by atoms with Crippen molar-refractivity contribution >= 4 is 26.1 Å². The molecular formula is C11H17BrN2O2S. The van der Waals surface area contributed by atoms with Crippen LogP contribution in [0.3, 0.4) is 0 Å². The van der Waals surface area contributed by atoms with Gasteiger partial charge in [-0.3, -0.25) is 0 Å². The summed E-state index contributed by atoms with van der Waals surface area (Å²) in [4.78, 5) is 0. The van der Waals surface area contributed by atoms with Crippen LogP contribution in [0.25, 0.3) is 0 Å². The maximum Gasteiger partial charge on any atom is 0.278 e. The number of nitrogens with zero attached hydrogens (tertiary/aromatic N) is 1. The van der Waals surface area contributed by atoms with Crippen LogP contribution in [0, 0.1) is 6.92 Å². The van der Waals surface area contributed by atoms with E-state index >= 15 is 0 Å². The van der Waals surface area contributed by atoms with Crippen LogP contribution in [0.5, 0.6) is 0 Å². The topological polar surface area (TPSA) is 49.4 Å². The average Bonchev–Trinajstić information content (AvgIpc) is 2.22. The third-order valence-electron chi connectivity index (χ3n) is 2.47. The first-order valence-electron chi connectivity index (χ1n) is 5.25. The van der Waals surface area contributed by atoms with Gasteiger partial charge < -0.3 is 0 Å². The molecule has 0 fully saturated rings. The van der Waals surface area contributed by atoms with Crippen LogP contribution in [0.2, 0.25) is 0 Å². The van der Waals surface area contributed by atoms with E-state index < -0.39 is 10.2 Å². The van der Waals surface area contributed by atoms with Crippen molar-refractivity contribution in [3.8, 4) is 0 Å². The summed E-state index contributed by atoms with van der Waals surface area (Å²) in [5.41, 5.74) is 2.30. The number of halogens is 1. The molecule has 1 rings (SSSR count). The first-order chi connectivity index (χ1) is 7.83. The van der Waals surface area contributed by atoms with Crippen LogP contribution in [-0.4, -0.2) is 33.4 Å². The third kappa shape index (κ3) is 4.39. The van der Waals surface area contributed by atoms with E-state index in [-0.39, 0.29) is 0 Å². The van der Waals surface area contributed by atoms with Crippen molar-refractivity contribution in [3.05, 3.63) is 33.8 Å². The molecular weight excluding hydrogens is 304 g/mol. The zero-order chi connectivity index (χ0) is 13.1. The summed E-state index contributed by atoms with van der Waals surface area (Å²) in [6.07, 6.45) is 0.679. The highest BCUT2D eigenvalue weighted by Gasteiger charge is 2.11. The van der Waals surface area contributed by atoms with E-state index in [1.165, 1.54) is 18.4 Å². The molecule has 0 radical (unpaired) electrons. The number of benzene rings is 1. The van der Waals surface area contributed by atoms with Gasteiger partial charge in [0.1, 0.15) is 0 Å². The fourth-order valence-corrected chi connectivity index (χ4v) is 2.38. The molecule has 0 spiro atoms. The van der Waals surface area contributed by atoms with Gasteiger partial charge in [0.15, 0.2) is 0 Å². The van der Waals surface area contributed by atoms with Crippen LogP contribution in [0.15, 0.2) is 22.7 Å². The average molecular weight is 321 g/mol. The van der Waals surface area contributed by atoms with Crippen LogP contribution in [0.4, 0.5) is 0 Å². The second-order valence-corrected chi connectivity index (χ2v) is 6.89. The lowest BCUT2D eigenvalue weighted by Crippen LogP contribution is -2.36. The Kier molecular flexibility index (Phi) is 5.12. The van der Waals surface area contributed by atoms with Crippen molar-refractivity contribution in [2.24, 2.45) is 0 Å². The molecule has 1 aromatic rings. The Bertz CT molecular complexity index is 486. The number of aryl methyl sites for hydroxylation is 1. The minimum absolute atomic E-state index is 0.401. The lowest BCUT2D eigenvalue weighted by atomic mass is 10.1. The third-order valence-corrected chi connectivity index (χ3v) is 4.49. The van der Waals surface area contributed by atoms with Gasteiger partial charge in [0.05, 0.1) is 0 Å². The molecule has 0 aliphatic heterocycles. The molecule has 6 heteroatoms. The standard InChI is InChI=1S/C11H17BrN2O2S/c1-9-4-5-11(12)8-10(9)6-7-13-17(15,16)14(2)3/h4-5,8,13H,6-7H2,1-3H3. The fourth-order valence-electron chi connectivity index (χ4n) is 1.35. The highest BCUT2D eigenvalue weighted by Crippen LogP contribution is 2.16. The summed E-state index contributed by atoms with van der Waals surface area (Å²) < 4.78 is 27.7. The van der Waals surface area contributed by atoms with E-state index in [9.17, 15) is 8.42 Å². The van der Waals surface area contributed by atoms with Gasteiger partial charge in [-0.2, -0.15) is 12.7 Å². The van der Waals surface area contributed by atoms with Gasteiger partial charge >= 0.3 is 0 Å². The molecule has 4 nitrogen and oxygen atoms in total. The molecule has 0 heterocycles. The number of hydrogen-bond acceptors (Lipinski definition) is 2. The summed E-state index contributed by atoms with van der Waals surface area (Å²) in [6, 6.07) is 6.00. The predicted molar refractivity (Wildman–Crippen MR) is 73.2 cm³/mol. The summed E-state index contributed by atoms with van der Waals surface area (Å²) in [5, 5.41) is 0. The Hall–Kier alpha value is -0.430. The first-order valence-corrected chi connectivity index (χ1v) is 7.48. The normalized spacial score (nSPS) is 12.1. The molecule has 1 aromatic carbocycles. The summed E-state index contributed by atoms with van der Waals surface area (Å²) in [7, 11) is -0.306. The minimum Gasteiger partial charge on any atom is -0.202 e. The van der Waals surface area contributed by atoms with Crippen molar-refractivity contribution in [3.63, 3.8) is 0 Å². The van der Waals surface area contributed by atoms with E-state index in [1.54, 1.807) is 0 Å². The van der Waals surface area contributed by atoms with E-state index in [1.807, 2.05) is 25.1 Å². The Balaban J connectivity index is 2.60. The van der Waals surface area contributed by atoms with Crippen LogP contribution >= 0.6 is 15.9 Å². The summed E-state index contributed by atoms with van der Waals surface area (Å²) in [6.45, 7) is 2.42. The lowest BCUT2D eigenvalue weighted by Gasteiger charge is -2.13. The van der Waals surface area contributed by atoms with Crippen LogP contribution < -0.4 is 4.72 Å². The molecule has 0 atom stereocenters. The van der Waals surface area contributed by atoms with Crippen molar-refractivity contribution in [1.29, 1.82) is 0 Å². The molecule has 0 amide bonds. The maximum atomic E-state index is 11.5. The van der Waals surface area contributed by atoms with Gasteiger partial charge in [-0.1, -0.05) is 22.0 Å². The molecule has 96 valence electrons. The van der Waals surface area contributed by atoms with Gasteiger partial charge in [-0.15, -0.1) is 0 Å². The molecule has 1 N–H and O–H groups in total. The smallest absolute Gasteiger partial charge is 0.202 e. The summed E-state index contributed by atoms with van der Waals surface area (Å²) >= 11 is 3.40. The van der Waals surface area contributed by atoms with Crippen LogP contribution in [-0.2, 0) is 16.6 Å². The Morgan fingerprint density at radius 1 is 1.35 bits per heavy atom. The molecule has 0 saturated carbocycles. The van der Waals surface area contributed by atoms with Gasteiger partial charge in [-0.05, 0) is 36.6 Å². The second kappa shape index (κ2) is 5.95. The SMILES string of the molecule is Cc1ccc(Br)cc1CCNS(=O)(=O)N(C)C. The molecule has 0 aromatic heterocycles. The fraction of sp³-hybridized carbons (Fsp3) is 0.455. The minimum atomic E-state index is -3.32. The lowest BCUT2D eigenvalue weighted by molar-refractivity contribution is 0.506. The van der Waals surface area contributed by atoms with Crippen LogP contribution in [0.1, 0.15) is 11.1 Å². The largest absolute Gasteiger partial charge is 0.278 e.